The number of benzene rings is 1. The predicted molar refractivity (Wildman–Crippen MR) is 74.4 cm³/mol. The quantitative estimate of drug-likeness (QED) is 0.737. The van der Waals surface area contributed by atoms with E-state index in [9.17, 15) is 0 Å². The van der Waals surface area contributed by atoms with Gasteiger partial charge in [0, 0.05) is 24.1 Å². The van der Waals surface area contributed by atoms with E-state index in [1.54, 1.807) is 0 Å². The van der Waals surface area contributed by atoms with Gasteiger partial charge in [0.25, 0.3) is 0 Å². The molecule has 1 aliphatic rings. The first-order chi connectivity index (χ1) is 7.52. The maximum atomic E-state index is 3.52. The van der Waals surface area contributed by atoms with E-state index in [0.717, 1.165) is 5.33 Å². The van der Waals surface area contributed by atoms with Crippen molar-refractivity contribution in [1.29, 1.82) is 0 Å². The first-order valence-electron chi connectivity index (χ1n) is 5.92. The highest BCUT2D eigenvalue weighted by Crippen LogP contribution is 2.33. The Bertz CT molecular complexity index is 384. The lowest BCUT2D eigenvalue weighted by atomic mass is 9.93. The zero-order valence-electron chi connectivity index (χ0n) is 10.4. The fourth-order valence-corrected chi connectivity index (χ4v) is 2.99. The van der Waals surface area contributed by atoms with Gasteiger partial charge in [-0.05, 0) is 42.0 Å². The fourth-order valence-electron chi connectivity index (χ4n) is 2.36. The summed E-state index contributed by atoms with van der Waals surface area (Å²) in [5.74, 6) is 0. The number of hydrogen-bond acceptors (Lipinski definition) is 1. The highest BCUT2D eigenvalue weighted by molar-refractivity contribution is 9.08. The third-order valence-electron chi connectivity index (χ3n) is 3.51. The highest BCUT2D eigenvalue weighted by atomic mass is 79.9. The van der Waals surface area contributed by atoms with Crippen molar-refractivity contribution in [3.8, 4) is 0 Å². The van der Waals surface area contributed by atoms with Gasteiger partial charge in [-0.1, -0.05) is 35.8 Å². The van der Waals surface area contributed by atoms with Crippen LogP contribution in [0.2, 0.25) is 0 Å². The van der Waals surface area contributed by atoms with Crippen LogP contribution in [-0.2, 0) is 5.33 Å². The molecule has 1 fully saturated rings. The first kappa shape index (κ1) is 12.0. The number of rotatable bonds is 2. The molecule has 1 nitrogen and oxygen atoms in total. The lowest BCUT2D eigenvalue weighted by Crippen LogP contribution is -2.22. The Labute approximate surface area is 107 Å². The van der Waals surface area contributed by atoms with Crippen LogP contribution in [-0.4, -0.2) is 13.1 Å². The van der Waals surface area contributed by atoms with Crippen LogP contribution in [0, 0.1) is 12.3 Å². The lowest BCUT2D eigenvalue weighted by Gasteiger charge is -2.22. The molecule has 1 aromatic carbocycles. The van der Waals surface area contributed by atoms with Gasteiger partial charge >= 0.3 is 0 Å². The maximum absolute atomic E-state index is 3.52. The van der Waals surface area contributed by atoms with E-state index in [0.29, 0.717) is 5.41 Å². The Kier molecular flexibility index (Phi) is 3.29. The monoisotopic (exact) mass is 281 g/mol. The average molecular weight is 282 g/mol. The molecule has 2 rings (SSSR count). The SMILES string of the molecule is Cc1cc(N2CCC(C)(C)C2)ccc1CBr. The van der Waals surface area contributed by atoms with E-state index in [1.165, 1.54) is 36.3 Å². The van der Waals surface area contributed by atoms with Gasteiger partial charge in [0.05, 0.1) is 0 Å². The second-order valence-corrected chi connectivity index (χ2v) is 6.14. The van der Waals surface area contributed by atoms with E-state index in [4.69, 9.17) is 0 Å². The molecule has 0 radical (unpaired) electrons. The van der Waals surface area contributed by atoms with Gasteiger partial charge in [-0.15, -0.1) is 0 Å². The number of nitrogens with zero attached hydrogens (tertiary/aromatic N) is 1. The Hall–Kier alpha value is -0.500. The van der Waals surface area contributed by atoms with Crippen LogP contribution in [0.15, 0.2) is 18.2 Å². The Morgan fingerprint density at radius 2 is 2.12 bits per heavy atom. The summed E-state index contributed by atoms with van der Waals surface area (Å²) in [5, 5.41) is 0.949. The minimum Gasteiger partial charge on any atom is -0.371 e. The lowest BCUT2D eigenvalue weighted by molar-refractivity contribution is 0.418. The van der Waals surface area contributed by atoms with Crippen LogP contribution < -0.4 is 4.90 Å². The Balaban J connectivity index is 2.20. The van der Waals surface area contributed by atoms with Crippen molar-refractivity contribution in [2.45, 2.75) is 32.5 Å². The zero-order chi connectivity index (χ0) is 11.8. The summed E-state index contributed by atoms with van der Waals surface area (Å²) in [6.07, 6.45) is 1.30. The van der Waals surface area contributed by atoms with Gasteiger partial charge in [-0.25, -0.2) is 0 Å². The van der Waals surface area contributed by atoms with Crippen molar-refractivity contribution in [1.82, 2.24) is 0 Å². The molecule has 0 saturated carbocycles. The van der Waals surface area contributed by atoms with Gasteiger partial charge < -0.3 is 4.90 Å². The summed E-state index contributed by atoms with van der Waals surface area (Å²) in [7, 11) is 0. The largest absolute Gasteiger partial charge is 0.371 e. The van der Waals surface area contributed by atoms with Crippen molar-refractivity contribution < 1.29 is 0 Å². The topological polar surface area (TPSA) is 3.24 Å². The average Bonchev–Trinajstić information content (AvgIpc) is 2.59. The van der Waals surface area contributed by atoms with Crippen molar-refractivity contribution in [3.05, 3.63) is 29.3 Å². The summed E-state index contributed by atoms with van der Waals surface area (Å²) in [6, 6.07) is 6.81. The van der Waals surface area contributed by atoms with Gasteiger partial charge in [0.15, 0.2) is 0 Å². The number of hydrogen-bond donors (Lipinski definition) is 0. The molecule has 2 heteroatoms. The van der Waals surface area contributed by atoms with E-state index in [2.05, 4.69) is 59.8 Å². The predicted octanol–water partition coefficient (Wildman–Crippen LogP) is 4.13. The normalized spacial score (nSPS) is 19.1. The summed E-state index contributed by atoms with van der Waals surface area (Å²) < 4.78 is 0. The van der Waals surface area contributed by atoms with Gasteiger partial charge in [-0.2, -0.15) is 0 Å². The third kappa shape index (κ3) is 2.42. The van der Waals surface area contributed by atoms with Crippen LogP contribution >= 0.6 is 15.9 Å². The van der Waals surface area contributed by atoms with Crippen molar-refractivity contribution >= 4 is 21.6 Å². The van der Waals surface area contributed by atoms with Gasteiger partial charge in [0.1, 0.15) is 0 Å². The van der Waals surface area contributed by atoms with E-state index >= 15 is 0 Å². The molecule has 0 bridgehead atoms. The molecule has 1 aromatic rings. The molecule has 0 atom stereocenters. The summed E-state index contributed by atoms with van der Waals surface area (Å²) in [4.78, 5) is 2.50. The number of alkyl halides is 1. The summed E-state index contributed by atoms with van der Waals surface area (Å²) in [6.45, 7) is 9.28. The molecule has 1 heterocycles. The highest BCUT2D eigenvalue weighted by Gasteiger charge is 2.29. The molecule has 1 aliphatic heterocycles. The molecular weight excluding hydrogens is 262 g/mol. The molecule has 0 amide bonds. The van der Waals surface area contributed by atoms with E-state index < -0.39 is 0 Å². The minimum atomic E-state index is 0.474. The van der Waals surface area contributed by atoms with Crippen LogP contribution in [0.5, 0.6) is 0 Å². The van der Waals surface area contributed by atoms with E-state index in [1.807, 2.05) is 0 Å². The third-order valence-corrected chi connectivity index (χ3v) is 4.12. The van der Waals surface area contributed by atoms with Gasteiger partial charge in [0.2, 0.25) is 0 Å². The van der Waals surface area contributed by atoms with Crippen LogP contribution in [0.1, 0.15) is 31.4 Å². The number of aryl methyl sites for hydroxylation is 1. The molecule has 16 heavy (non-hydrogen) atoms. The van der Waals surface area contributed by atoms with Crippen LogP contribution in [0.25, 0.3) is 0 Å². The molecule has 0 N–H and O–H groups in total. The van der Waals surface area contributed by atoms with Crippen molar-refractivity contribution in [2.75, 3.05) is 18.0 Å². The fraction of sp³-hybridized carbons (Fsp3) is 0.571. The molecule has 88 valence electrons. The zero-order valence-corrected chi connectivity index (χ0v) is 12.0. The Morgan fingerprint density at radius 3 is 2.62 bits per heavy atom. The molecule has 0 aromatic heterocycles. The minimum absolute atomic E-state index is 0.474. The van der Waals surface area contributed by atoms with Crippen LogP contribution in [0.3, 0.4) is 0 Å². The summed E-state index contributed by atoms with van der Waals surface area (Å²) >= 11 is 3.52. The first-order valence-corrected chi connectivity index (χ1v) is 7.04. The standard InChI is InChI=1S/C14H20BrN/c1-11-8-13(5-4-12(11)9-15)16-7-6-14(2,3)10-16/h4-5,8H,6-7,9-10H2,1-3H3. The van der Waals surface area contributed by atoms with Crippen molar-refractivity contribution in [3.63, 3.8) is 0 Å². The smallest absolute Gasteiger partial charge is 0.0369 e. The molecule has 0 spiro atoms. The molecule has 0 unspecified atom stereocenters. The molecule has 0 aliphatic carbocycles. The molecule has 1 saturated heterocycles. The molecular formula is C14H20BrN. The number of anilines is 1. The van der Waals surface area contributed by atoms with Crippen molar-refractivity contribution in [2.24, 2.45) is 5.41 Å². The number of halogens is 1. The summed E-state index contributed by atoms with van der Waals surface area (Å²) in [5.41, 5.74) is 4.64. The van der Waals surface area contributed by atoms with Gasteiger partial charge in [-0.3, -0.25) is 0 Å². The maximum Gasteiger partial charge on any atom is 0.0369 e. The Morgan fingerprint density at radius 1 is 1.38 bits per heavy atom. The second-order valence-electron chi connectivity index (χ2n) is 5.58. The van der Waals surface area contributed by atoms with E-state index in [-0.39, 0.29) is 0 Å². The second kappa shape index (κ2) is 4.40. The van der Waals surface area contributed by atoms with Crippen LogP contribution in [0.4, 0.5) is 5.69 Å².